The van der Waals surface area contributed by atoms with E-state index in [0.717, 1.165) is 0 Å². The number of aromatic amines is 1. The molecule has 0 amide bonds. The van der Waals surface area contributed by atoms with Crippen LogP contribution in [0.5, 0.6) is 0 Å². The van der Waals surface area contributed by atoms with Gasteiger partial charge in [0.05, 0.1) is 4.92 Å². The number of rotatable bonds is 3. The Hall–Kier alpha value is -2.90. The third kappa shape index (κ3) is 2.43. The fraction of sp³-hybridized carbons (Fsp3) is 0. The summed E-state index contributed by atoms with van der Waals surface area (Å²) in [5.74, 6) is 0.405. The molecule has 0 spiro atoms. The van der Waals surface area contributed by atoms with E-state index < -0.39 is 4.92 Å². The molecule has 0 aliphatic carbocycles. The zero-order chi connectivity index (χ0) is 13.1. The van der Waals surface area contributed by atoms with Crippen molar-refractivity contribution in [3.8, 4) is 0 Å². The van der Waals surface area contributed by atoms with Gasteiger partial charge in [0.25, 0.3) is 11.2 Å². The predicted octanol–water partition coefficient (Wildman–Crippen LogP) is 1.00. The van der Waals surface area contributed by atoms with Crippen molar-refractivity contribution in [2.45, 2.75) is 0 Å². The highest BCUT2D eigenvalue weighted by molar-refractivity contribution is 5.68. The third-order valence-electron chi connectivity index (χ3n) is 2.18. The van der Waals surface area contributed by atoms with E-state index in [-0.39, 0.29) is 16.9 Å². The number of anilines is 3. The van der Waals surface area contributed by atoms with Crippen molar-refractivity contribution < 1.29 is 4.92 Å². The van der Waals surface area contributed by atoms with Crippen LogP contribution in [-0.2, 0) is 0 Å². The quantitative estimate of drug-likeness (QED) is 0.422. The molecule has 1 aromatic carbocycles. The number of aromatic nitrogens is 2. The van der Waals surface area contributed by atoms with Crippen LogP contribution in [0.1, 0.15) is 0 Å². The molecule has 0 saturated heterocycles. The molecule has 92 valence electrons. The number of hydrogen-bond acceptors (Lipinski definition) is 6. The Morgan fingerprint density at radius 2 is 2.11 bits per heavy atom. The number of nitrogen functional groups attached to an aromatic ring is 1. The topological polar surface area (TPSA) is 127 Å². The summed E-state index contributed by atoms with van der Waals surface area (Å²) < 4.78 is 0. The van der Waals surface area contributed by atoms with Crippen molar-refractivity contribution in [3.63, 3.8) is 0 Å². The van der Waals surface area contributed by atoms with Crippen molar-refractivity contribution in [1.82, 2.24) is 10.2 Å². The van der Waals surface area contributed by atoms with Crippen LogP contribution in [0.15, 0.2) is 35.1 Å². The van der Waals surface area contributed by atoms with Crippen molar-refractivity contribution in [2.75, 3.05) is 11.1 Å². The molecule has 0 aliphatic rings. The summed E-state index contributed by atoms with van der Waals surface area (Å²) >= 11 is 0. The molecule has 2 rings (SSSR count). The van der Waals surface area contributed by atoms with E-state index in [2.05, 4.69) is 15.5 Å². The molecule has 4 N–H and O–H groups in total. The standard InChI is InChI=1S/C10H9N5O3/c11-7-5-6(1-2-8(7)15(17)18)12-9-3-4-10(16)14-13-9/h1-5H,11H2,(H,12,13)(H,14,16). The van der Waals surface area contributed by atoms with Crippen LogP contribution in [0.25, 0.3) is 0 Å². The molecular formula is C10H9N5O3. The lowest BCUT2D eigenvalue weighted by atomic mass is 10.2. The Balaban J connectivity index is 2.25. The first-order chi connectivity index (χ1) is 8.56. The van der Waals surface area contributed by atoms with Gasteiger partial charge in [0.15, 0.2) is 5.82 Å². The molecule has 0 saturated carbocycles. The monoisotopic (exact) mass is 247 g/mol. The molecule has 0 unspecified atom stereocenters. The molecule has 18 heavy (non-hydrogen) atoms. The molecule has 8 heteroatoms. The highest BCUT2D eigenvalue weighted by Crippen LogP contribution is 2.25. The van der Waals surface area contributed by atoms with Crippen molar-refractivity contribution >= 4 is 22.9 Å². The van der Waals surface area contributed by atoms with Crippen molar-refractivity contribution in [1.29, 1.82) is 0 Å². The first-order valence-electron chi connectivity index (χ1n) is 4.93. The second-order valence-electron chi connectivity index (χ2n) is 3.46. The van der Waals surface area contributed by atoms with E-state index in [1.807, 2.05) is 0 Å². The zero-order valence-electron chi connectivity index (χ0n) is 9.08. The van der Waals surface area contributed by atoms with Gasteiger partial charge in [-0.3, -0.25) is 14.9 Å². The highest BCUT2D eigenvalue weighted by atomic mass is 16.6. The summed E-state index contributed by atoms with van der Waals surface area (Å²) in [5.41, 5.74) is 5.66. The van der Waals surface area contributed by atoms with Crippen LogP contribution in [0.4, 0.5) is 22.9 Å². The van der Waals surface area contributed by atoms with E-state index in [1.165, 1.54) is 30.3 Å². The molecule has 8 nitrogen and oxygen atoms in total. The van der Waals surface area contributed by atoms with E-state index in [0.29, 0.717) is 11.5 Å². The maximum atomic E-state index is 10.8. The molecule has 0 atom stereocenters. The Bertz CT molecular complexity index is 632. The fourth-order valence-corrected chi connectivity index (χ4v) is 1.36. The van der Waals surface area contributed by atoms with Gasteiger partial charge in [-0.2, -0.15) is 5.10 Å². The van der Waals surface area contributed by atoms with Gasteiger partial charge in [0, 0.05) is 17.8 Å². The average molecular weight is 247 g/mol. The molecule has 0 aliphatic heterocycles. The van der Waals surface area contributed by atoms with Crippen molar-refractivity contribution in [2.24, 2.45) is 0 Å². The summed E-state index contributed by atoms with van der Waals surface area (Å²) in [5, 5.41) is 19.4. The number of nitrogens with one attached hydrogen (secondary N) is 2. The molecule has 0 bridgehead atoms. The number of nitro groups is 1. The Morgan fingerprint density at radius 1 is 1.33 bits per heavy atom. The minimum absolute atomic E-state index is 0.0504. The van der Waals surface area contributed by atoms with Gasteiger partial charge in [0.2, 0.25) is 0 Å². The van der Waals surface area contributed by atoms with E-state index >= 15 is 0 Å². The summed E-state index contributed by atoms with van der Waals surface area (Å²) in [7, 11) is 0. The van der Waals surface area contributed by atoms with Gasteiger partial charge < -0.3 is 11.1 Å². The molecular weight excluding hydrogens is 238 g/mol. The molecule has 1 heterocycles. The van der Waals surface area contributed by atoms with E-state index in [9.17, 15) is 14.9 Å². The number of nitrogens with zero attached hydrogens (tertiary/aromatic N) is 2. The zero-order valence-corrected chi connectivity index (χ0v) is 9.08. The largest absolute Gasteiger partial charge is 0.393 e. The third-order valence-corrected chi connectivity index (χ3v) is 2.18. The van der Waals surface area contributed by atoms with Crippen LogP contribution in [0, 0.1) is 10.1 Å². The smallest absolute Gasteiger partial charge is 0.292 e. The van der Waals surface area contributed by atoms with Gasteiger partial charge in [-0.15, -0.1) is 0 Å². The van der Waals surface area contributed by atoms with Gasteiger partial charge in [-0.25, -0.2) is 5.10 Å². The molecule has 0 fully saturated rings. The number of hydrogen-bond donors (Lipinski definition) is 3. The summed E-state index contributed by atoms with van der Waals surface area (Å²) in [6.07, 6.45) is 0. The Labute approximate surface area is 101 Å². The van der Waals surface area contributed by atoms with Crippen LogP contribution < -0.4 is 16.6 Å². The molecule has 1 aromatic heterocycles. The maximum Gasteiger partial charge on any atom is 0.292 e. The molecule has 0 radical (unpaired) electrons. The van der Waals surface area contributed by atoms with Gasteiger partial charge in [-0.1, -0.05) is 0 Å². The second kappa shape index (κ2) is 4.53. The number of nitro benzene ring substituents is 1. The first kappa shape index (κ1) is 11.6. The SMILES string of the molecule is Nc1cc(Nc2ccc(=O)[nH]n2)ccc1[N+](=O)[O-]. The lowest BCUT2D eigenvalue weighted by Crippen LogP contribution is -2.07. The van der Waals surface area contributed by atoms with Gasteiger partial charge >= 0.3 is 0 Å². The van der Waals surface area contributed by atoms with Crippen LogP contribution in [-0.4, -0.2) is 15.1 Å². The fourth-order valence-electron chi connectivity index (χ4n) is 1.36. The normalized spacial score (nSPS) is 10.0. The number of H-pyrrole nitrogens is 1. The lowest BCUT2D eigenvalue weighted by molar-refractivity contribution is -0.383. The van der Waals surface area contributed by atoms with Gasteiger partial charge in [0.1, 0.15) is 5.69 Å². The highest BCUT2D eigenvalue weighted by Gasteiger charge is 2.11. The van der Waals surface area contributed by atoms with Crippen LogP contribution >= 0.6 is 0 Å². The minimum atomic E-state index is -0.558. The lowest BCUT2D eigenvalue weighted by Gasteiger charge is -2.05. The number of nitrogens with two attached hydrogens (primary N) is 1. The second-order valence-corrected chi connectivity index (χ2v) is 3.46. The Kier molecular flexibility index (Phi) is 2.92. The minimum Gasteiger partial charge on any atom is -0.393 e. The van der Waals surface area contributed by atoms with E-state index in [1.54, 1.807) is 0 Å². The predicted molar refractivity (Wildman–Crippen MR) is 65.6 cm³/mol. The number of benzene rings is 1. The summed E-state index contributed by atoms with van der Waals surface area (Å²) in [4.78, 5) is 20.8. The summed E-state index contributed by atoms with van der Waals surface area (Å²) in [6.45, 7) is 0. The Morgan fingerprint density at radius 3 is 2.67 bits per heavy atom. The van der Waals surface area contributed by atoms with E-state index in [4.69, 9.17) is 5.73 Å². The van der Waals surface area contributed by atoms with Gasteiger partial charge in [-0.05, 0) is 18.2 Å². The van der Waals surface area contributed by atoms with Crippen molar-refractivity contribution in [3.05, 3.63) is 50.8 Å². The molecule has 2 aromatic rings. The average Bonchev–Trinajstić information content (AvgIpc) is 2.32. The maximum absolute atomic E-state index is 10.8. The van der Waals surface area contributed by atoms with Crippen LogP contribution in [0.2, 0.25) is 0 Å². The summed E-state index contributed by atoms with van der Waals surface area (Å²) in [6, 6.07) is 7.01. The first-order valence-corrected chi connectivity index (χ1v) is 4.93. The van der Waals surface area contributed by atoms with Crippen LogP contribution in [0.3, 0.4) is 0 Å².